The molecule has 1 atom stereocenters. The molecule has 1 heterocycles. The predicted molar refractivity (Wildman–Crippen MR) is 60.2 cm³/mol. The van der Waals surface area contributed by atoms with Crippen molar-refractivity contribution in [3.05, 3.63) is 0 Å². The zero-order valence-corrected chi connectivity index (χ0v) is 10.9. The predicted octanol–water partition coefficient (Wildman–Crippen LogP) is -0.122. The first-order valence-corrected chi connectivity index (χ1v) is 6.66. The Balaban J connectivity index is 2.57. The van der Waals surface area contributed by atoms with E-state index in [9.17, 15) is 8.42 Å². The summed E-state index contributed by atoms with van der Waals surface area (Å²) in [6, 6.07) is 0. The van der Waals surface area contributed by atoms with Gasteiger partial charge in [0.1, 0.15) is 6.79 Å². The van der Waals surface area contributed by atoms with Crippen LogP contribution in [0.15, 0.2) is 0 Å². The van der Waals surface area contributed by atoms with Crippen molar-refractivity contribution < 1.29 is 17.9 Å². The molecule has 1 saturated heterocycles. The first-order chi connectivity index (χ1) is 7.48. The topological polar surface area (TPSA) is 59.1 Å². The van der Waals surface area contributed by atoms with E-state index in [0.717, 1.165) is 12.8 Å². The van der Waals surface area contributed by atoms with Gasteiger partial charge in [-0.05, 0) is 12.8 Å². The van der Waals surface area contributed by atoms with E-state index < -0.39 is 10.2 Å². The Hall–Kier alpha value is -0.210. The molecule has 0 N–H and O–H groups in total. The monoisotopic (exact) mass is 252 g/mol. The third-order valence-corrected chi connectivity index (χ3v) is 4.46. The van der Waals surface area contributed by atoms with E-state index in [-0.39, 0.29) is 12.9 Å². The van der Waals surface area contributed by atoms with E-state index >= 15 is 0 Å². The molecule has 96 valence electrons. The van der Waals surface area contributed by atoms with Crippen molar-refractivity contribution in [3.8, 4) is 0 Å². The molecule has 0 amide bonds. The molecular formula is C9H20N2O4S. The molecule has 1 rings (SSSR count). The van der Waals surface area contributed by atoms with E-state index in [1.807, 2.05) is 0 Å². The lowest BCUT2D eigenvalue weighted by Crippen LogP contribution is -2.47. The van der Waals surface area contributed by atoms with Gasteiger partial charge in [0.25, 0.3) is 10.2 Å². The molecule has 0 spiro atoms. The molecule has 0 aliphatic carbocycles. The average Bonchev–Trinajstić information content (AvgIpc) is 2.26. The molecule has 1 aliphatic rings. The summed E-state index contributed by atoms with van der Waals surface area (Å²) in [4.78, 5) is 0. The van der Waals surface area contributed by atoms with Gasteiger partial charge < -0.3 is 9.47 Å². The van der Waals surface area contributed by atoms with Crippen LogP contribution in [0.4, 0.5) is 0 Å². The summed E-state index contributed by atoms with van der Waals surface area (Å²) in [5.74, 6) is 0. The summed E-state index contributed by atoms with van der Waals surface area (Å²) in [6.45, 7) is 1.18. The molecular weight excluding hydrogens is 232 g/mol. The fourth-order valence-electron chi connectivity index (χ4n) is 1.65. The van der Waals surface area contributed by atoms with Gasteiger partial charge in [0.2, 0.25) is 0 Å². The maximum Gasteiger partial charge on any atom is 0.281 e. The first-order valence-electron chi connectivity index (χ1n) is 5.26. The van der Waals surface area contributed by atoms with Crippen molar-refractivity contribution in [2.75, 3.05) is 41.1 Å². The minimum atomic E-state index is -3.31. The molecule has 1 aliphatic heterocycles. The fraction of sp³-hybridized carbons (Fsp3) is 1.00. The molecule has 6 nitrogen and oxygen atoms in total. The third kappa shape index (κ3) is 3.39. The van der Waals surface area contributed by atoms with Crippen LogP contribution in [0.2, 0.25) is 0 Å². The standard InChI is InChI=1S/C9H20N2O4S/c1-10(2)16(12,13)11-6-4-5-9(7-11)15-8-14-3/h9H,4-8H2,1-3H3/t9-/m1/s1. The zero-order valence-electron chi connectivity index (χ0n) is 10.0. The molecule has 0 aromatic carbocycles. The van der Waals surface area contributed by atoms with Crippen LogP contribution in [0, 0.1) is 0 Å². The van der Waals surface area contributed by atoms with E-state index in [4.69, 9.17) is 9.47 Å². The number of rotatable bonds is 5. The molecule has 0 unspecified atom stereocenters. The van der Waals surface area contributed by atoms with E-state index in [0.29, 0.717) is 13.1 Å². The second kappa shape index (κ2) is 5.92. The molecule has 7 heteroatoms. The van der Waals surface area contributed by atoms with E-state index in [2.05, 4.69) is 0 Å². The molecule has 0 aromatic heterocycles. The number of nitrogens with zero attached hydrogens (tertiary/aromatic N) is 2. The summed E-state index contributed by atoms with van der Waals surface area (Å²) in [7, 11) is 1.31. The number of hydrogen-bond donors (Lipinski definition) is 0. The second-order valence-corrected chi connectivity index (χ2v) is 6.13. The highest BCUT2D eigenvalue weighted by Crippen LogP contribution is 2.17. The Bertz CT molecular complexity index is 305. The van der Waals surface area contributed by atoms with Crippen molar-refractivity contribution in [1.29, 1.82) is 0 Å². The Labute approximate surface area is 97.3 Å². The van der Waals surface area contributed by atoms with Gasteiger partial charge in [-0.15, -0.1) is 0 Å². The van der Waals surface area contributed by atoms with Crippen LogP contribution in [-0.4, -0.2) is 64.2 Å². The Morgan fingerprint density at radius 2 is 2.12 bits per heavy atom. The summed E-state index contributed by atoms with van der Waals surface area (Å²) in [5, 5.41) is 0. The molecule has 0 radical (unpaired) electrons. The van der Waals surface area contributed by atoms with Gasteiger partial charge >= 0.3 is 0 Å². The van der Waals surface area contributed by atoms with E-state index in [1.54, 1.807) is 7.11 Å². The minimum Gasteiger partial charge on any atom is -0.359 e. The first kappa shape index (κ1) is 13.9. The van der Waals surface area contributed by atoms with Crippen molar-refractivity contribution in [2.24, 2.45) is 0 Å². The molecule has 1 fully saturated rings. The van der Waals surface area contributed by atoms with Gasteiger partial charge in [-0.1, -0.05) is 0 Å². The maximum absolute atomic E-state index is 11.9. The van der Waals surface area contributed by atoms with Crippen molar-refractivity contribution in [3.63, 3.8) is 0 Å². The highest BCUT2D eigenvalue weighted by molar-refractivity contribution is 7.86. The van der Waals surface area contributed by atoms with Gasteiger partial charge in [0, 0.05) is 34.3 Å². The van der Waals surface area contributed by atoms with Gasteiger partial charge in [0.05, 0.1) is 6.10 Å². The fourth-order valence-corrected chi connectivity index (χ4v) is 2.82. The quantitative estimate of drug-likeness (QED) is 0.640. The molecule has 16 heavy (non-hydrogen) atoms. The van der Waals surface area contributed by atoms with Gasteiger partial charge in [0.15, 0.2) is 0 Å². The molecule has 0 aromatic rings. The minimum absolute atomic E-state index is 0.0663. The lowest BCUT2D eigenvalue weighted by atomic mass is 10.1. The lowest BCUT2D eigenvalue weighted by molar-refractivity contribution is -0.0848. The molecule has 0 bridgehead atoms. The average molecular weight is 252 g/mol. The molecule has 0 saturated carbocycles. The van der Waals surface area contributed by atoms with E-state index in [1.165, 1.54) is 22.7 Å². The highest BCUT2D eigenvalue weighted by Gasteiger charge is 2.30. The normalized spacial score (nSPS) is 23.9. The summed E-state index contributed by atoms with van der Waals surface area (Å²) in [6.07, 6.45) is 1.63. The SMILES string of the molecule is COCO[C@@H]1CCCN(S(=O)(=O)N(C)C)C1. The van der Waals surface area contributed by atoms with Crippen LogP contribution < -0.4 is 0 Å². The van der Waals surface area contributed by atoms with Crippen LogP contribution in [0.1, 0.15) is 12.8 Å². The third-order valence-electron chi connectivity index (χ3n) is 2.55. The van der Waals surface area contributed by atoms with Gasteiger partial charge in [-0.25, -0.2) is 0 Å². The van der Waals surface area contributed by atoms with Crippen molar-refractivity contribution in [1.82, 2.24) is 8.61 Å². The Morgan fingerprint density at radius 3 is 2.69 bits per heavy atom. The zero-order chi connectivity index (χ0) is 12.2. The summed E-state index contributed by atoms with van der Waals surface area (Å²) < 4.78 is 36.6. The number of hydrogen-bond acceptors (Lipinski definition) is 4. The van der Waals surface area contributed by atoms with Crippen molar-refractivity contribution in [2.45, 2.75) is 18.9 Å². The smallest absolute Gasteiger partial charge is 0.281 e. The van der Waals surface area contributed by atoms with Crippen LogP contribution >= 0.6 is 0 Å². The maximum atomic E-state index is 11.9. The van der Waals surface area contributed by atoms with Gasteiger partial charge in [-0.2, -0.15) is 17.0 Å². The number of ether oxygens (including phenoxy) is 2. The highest BCUT2D eigenvalue weighted by atomic mass is 32.2. The summed E-state index contributed by atoms with van der Waals surface area (Å²) >= 11 is 0. The number of piperidine rings is 1. The van der Waals surface area contributed by atoms with Crippen LogP contribution in [0.3, 0.4) is 0 Å². The largest absolute Gasteiger partial charge is 0.359 e. The van der Waals surface area contributed by atoms with Gasteiger partial charge in [-0.3, -0.25) is 0 Å². The van der Waals surface area contributed by atoms with Crippen LogP contribution in [0.5, 0.6) is 0 Å². The number of methoxy groups -OCH3 is 1. The second-order valence-electron chi connectivity index (χ2n) is 3.99. The van der Waals surface area contributed by atoms with Crippen LogP contribution in [0.25, 0.3) is 0 Å². The van der Waals surface area contributed by atoms with Crippen LogP contribution in [-0.2, 0) is 19.7 Å². The lowest BCUT2D eigenvalue weighted by Gasteiger charge is -2.33. The summed E-state index contributed by atoms with van der Waals surface area (Å²) in [5.41, 5.74) is 0. The Kier molecular flexibility index (Phi) is 5.13. The Morgan fingerprint density at radius 1 is 1.44 bits per heavy atom. The van der Waals surface area contributed by atoms with Crippen molar-refractivity contribution >= 4 is 10.2 Å².